The molecule has 0 spiro atoms. The van der Waals surface area contributed by atoms with Crippen LogP contribution in [0.15, 0.2) is 17.3 Å². The molecule has 1 aromatic heterocycles. The number of nitriles is 1. The van der Waals surface area contributed by atoms with E-state index in [0.717, 1.165) is 0 Å². The summed E-state index contributed by atoms with van der Waals surface area (Å²) in [6.45, 7) is 0. The van der Waals surface area contributed by atoms with E-state index in [2.05, 4.69) is 4.98 Å². The minimum atomic E-state index is -2.88. The van der Waals surface area contributed by atoms with E-state index in [4.69, 9.17) is 28.5 Å². The van der Waals surface area contributed by atoms with Gasteiger partial charge in [0.15, 0.2) is 0 Å². The van der Waals surface area contributed by atoms with Crippen molar-refractivity contribution >= 4 is 34.0 Å². The number of aromatic amines is 1. The van der Waals surface area contributed by atoms with Crippen LogP contribution in [0.5, 0.6) is 0 Å². The molecule has 1 N–H and O–H groups in total. The highest BCUT2D eigenvalue weighted by molar-refractivity contribution is 7.89. The molecule has 0 aromatic carbocycles. The van der Waals surface area contributed by atoms with Gasteiger partial charge in [0, 0.05) is 12.4 Å². The van der Waals surface area contributed by atoms with Crippen molar-refractivity contribution in [2.75, 3.05) is 0 Å². The van der Waals surface area contributed by atoms with Gasteiger partial charge in [-0.1, -0.05) is 23.2 Å². The first-order valence-electron chi connectivity index (χ1n) is 3.02. The van der Waals surface area contributed by atoms with E-state index in [1.165, 1.54) is 12.4 Å². The molecule has 0 saturated carbocycles. The fourth-order valence-electron chi connectivity index (χ4n) is 0.715. The zero-order valence-electron chi connectivity index (χ0n) is 6.05. The first-order chi connectivity index (χ1) is 5.96. The Morgan fingerprint density at radius 2 is 2.23 bits per heavy atom. The van der Waals surface area contributed by atoms with Crippen molar-refractivity contribution in [1.82, 2.24) is 4.98 Å². The number of aromatic nitrogens is 1. The molecule has 1 rings (SSSR count). The molecule has 0 bridgehead atoms. The van der Waals surface area contributed by atoms with Crippen LogP contribution in [0.3, 0.4) is 0 Å². The lowest BCUT2D eigenvalue weighted by molar-refractivity contribution is 0.497. The van der Waals surface area contributed by atoms with Gasteiger partial charge >= 0.3 is 3.92 Å². The van der Waals surface area contributed by atoms with Crippen LogP contribution in [-0.2, 0) is 10.8 Å². The monoisotopic (exact) mass is 240 g/mol. The second kappa shape index (κ2) is 3.66. The third kappa shape index (κ3) is 2.21. The summed E-state index contributed by atoms with van der Waals surface area (Å²) in [4.78, 5) is 2.46. The standard InChI is InChI=1S/C6H3Cl2FN2OS/c7-6(8,9)13(12)5-3-11-2-4(5)1-10/h2-3,11H. The molecule has 1 aromatic rings. The summed E-state index contributed by atoms with van der Waals surface area (Å²) >= 11 is 9.96. The third-order valence-electron chi connectivity index (χ3n) is 1.24. The largest absolute Gasteiger partial charge is 0.365 e. The van der Waals surface area contributed by atoms with Crippen molar-refractivity contribution < 1.29 is 8.60 Å². The van der Waals surface area contributed by atoms with Gasteiger partial charge in [-0.15, -0.1) is 0 Å². The van der Waals surface area contributed by atoms with Gasteiger partial charge in [-0.3, -0.25) is 0 Å². The van der Waals surface area contributed by atoms with Crippen LogP contribution in [0, 0.1) is 11.3 Å². The second-order valence-corrected chi connectivity index (χ2v) is 5.28. The van der Waals surface area contributed by atoms with Gasteiger partial charge in [0.2, 0.25) is 0 Å². The average Bonchev–Trinajstić information content (AvgIpc) is 2.48. The van der Waals surface area contributed by atoms with E-state index in [-0.39, 0.29) is 10.5 Å². The Bertz CT molecular complexity index is 379. The lowest BCUT2D eigenvalue weighted by atomic mass is 10.4. The maximum Gasteiger partial charge on any atom is 0.337 e. The molecular weight excluding hydrogens is 238 g/mol. The van der Waals surface area contributed by atoms with Crippen molar-refractivity contribution in [1.29, 1.82) is 5.26 Å². The fraction of sp³-hybridized carbons (Fsp3) is 0.167. The van der Waals surface area contributed by atoms with Crippen LogP contribution in [0.4, 0.5) is 4.39 Å². The van der Waals surface area contributed by atoms with Gasteiger partial charge in [-0.25, -0.2) is 4.21 Å². The van der Waals surface area contributed by atoms with E-state index < -0.39 is 14.7 Å². The predicted molar refractivity (Wildman–Crippen MR) is 47.5 cm³/mol. The van der Waals surface area contributed by atoms with Gasteiger partial charge in [-0.05, 0) is 0 Å². The first kappa shape index (κ1) is 10.5. The number of halogens is 3. The lowest BCUT2D eigenvalue weighted by Crippen LogP contribution is -2.13. The molecule has 13 heavy (non-hydrogen) atoms. The smallest absolute Gasteiger partial charge is 0.337 e. The number of rotatable bonds is 2. The Morgan fingerprint density at radius 3 is 2.69 bits per heavy atom. The lowest BCUT2D eigenvalue weighted by Gasteiger charge is -2.06. The molecule has 0 aliphatic rings. The minimum Gasteiger partial charge on any atom is -0.365 e. The van der Waals surface area contributed by atoms with Crippen LogP contribution >= 0.6 is 23.2 Å². The highest BCUT2D eigenvalue weighted by Gasteiger charge is 2.34. The van der Waals surface area contributed by atoms with Gasteiger partial charge in [0.05, 0.1) is 10.5 Å². The zero-order chi connectivity index (χ0) is 10.1. The van der Waals surface area contributed by atoms with Gasteiger partial charge in [-0.2, -0.15) is 9.65 Å². The van der Waals surface area contributed by atoms with Crippen molar-refractivity contribution in [2.45, 2.75) is 8.81 Å². The van der Waals surface area contributed by atoms with Gasteiger partial charge in [0.25, 0.3) is 0 Å². The summed E-state index contributed by atoms with van der Waals surface area (Å²) in [6.07, 6.45) is 2.50. The summed E-state index contributed by atoms with van der Waals surface area (Å²) in [6, 6.07) is 1.72. The third-order valence-corrected chi connectivity index (χ3v) is 3.24. The number of H-pyrrole nitrogens is 1. The quantitative estimate of drug-likeness (QED) is 0.805. The average molecular weight is 241 g/mol. The number of hydrogen-bond donors (Lipinski definition) is 1. The molecule has 7 heteroatoms. The SMILES string of the molecule is N#Cc1c[nH]cc1S(=O)C(F)(Cl)Cl. The van der Waals surface area contributed by atoms with E-state index >= 15 is 0 Å². The highest BCUT2D eigenvalue weighted by atomic mass is 35.5. The molecule has 0 radical (unpaired) electrons. The van der Waals surface area contributed by atoms with Gasteiger partial charge in [0.1, 0.15) is 16.9 Å². The fourth-order valence-corrected chi connectivity index (χ4v) is 1.94. The number of hydrogen-bond acceptors (Lipinski definition) is 2. The van der Waals surface area contributed by atoms with Crippen LogP contribution in [0.1, 0.15) is 5.56 Å². The molecule has 0 fully saturated rings. The normalized spacial score (nSPS) is 13.7. The first-order valence-corrected chi connectivity index (χ1v) is 4.93. The van der Waals surface area contributed by atoms with E-state index in [1.807, 2.05) is 0 Å². The summed E-state index contributed by atoms with van der Waals surface area (Å²) < 4.78 is 21.1. The molecule has 1 atom stereocenters. The maximum atomic E-state index is 12.8. The number of nitrogens with zero attached hydrogens (tertiary/aromatic N) is 1. The summed E-state index contributed by atoms with van der Waals surface area (Å²) in [5, 5.41) is 8.51. The van der Waals surface area contributed by atoms with Crippen LogP contribution < -0.4 is 0 Å². The highest BCUT2D eigenvalue weighted by Crippen LogP contribution is 2.32. The van der Waals surface area contributed by atoms with Crippen LogP contribution in [0.25, 0.3) is 0 Å². The topological polar surface area (TPSA) is 56.6 Å². The van der Waals surface area contributed by atoms with Crippen molar-refractivity contribution in [3.05, 3.63) is 18.0 Å². The van der Waals surface area contributed by atoms with Gasteiger partial charge < -0.3 is 4.98 Å². The van der Waals surface area contributed by atoms with Crippen molar-refractivity contribution in [3.8, 4) is 6.07 Å². The Balaban J connectivity index is 3.11. The van der Waals surface area contributed by atoms with Crippen molar-refractivity contribution in [2.24, 2.45) is 0 Å². The molecule has 0 saturated heterocycles. The Labute approximate surface area is 85.9 Å². The maximum absolute atomic E-state index is 12.8. The molecule has 70 valence electrons. The summed E-state index contributed by atoms with van der Waals surface area (Å²) in [7, 11) is -2.27. The molecule has 3 nitrogen and oxygen atoms in total. The second-order valence-electron chi connectivity index (χ2n) is 2.06. The van der Waals surface area contributed by atoms with E-state index in [9.17, 15) is 8.60 Å². The molecule has 0 aliphatic heterocycles. The number of alkyl halides is 3. The van der Waals surface area contributed by atoms with E-state index in [0.29, 0.717) is 0 Å². The summed E-state index contributed by atoms with van der Waals surface area (Å²) in [5.41, 5.74) is 0.0571. The predicted octanol–water partition coefficient (Wildman–Crippen LogP) is 2.05. The number of nitrogens with one attached hydrogen (secondary N) is 1. The van der Waals surface area contributed by atoms with Crippen molar-refractivity contribution in [3.63, 3.8) is 0 Å². The van der Waals surface area contributed by atoms with Crippen LogP contribution in [-0.4, -0.2) is 13.1 Å². The van der Waals surface area contributed by atoms with Crippen LogP contribution in [0.2, 0.25) is 0 Å². The Hall–Kier alpha value is -0.570. The summed E-state index contributed by atoms with van der Waals surface area (Å²) in [5.74, 6) is 0. The molecule has 1 unspecified atom stereocenters. The zero-order valence-corrected chi connectivity index (χ0v) is 8.38. The molecule has 1 heterocycles. The van der Waals surface area contributed by atoms with E-state index in [1.54, 1.807) is 6.07 Å². The molecule has 0 amide bonds. The minimum absolute atomic E-state index is 0.0463. The molecular formula is C6H3Cl2FN2OS. The Morgan fingerprint density at radius 1 is 1.62 bits per heavy atom. The Kier molecular flexibility index (Phi) is 2.96. The molecule has 0 aliphatic carbocycles.